The third kappa shape index (κ3) is 18.8. The van der Waals surface area contributed by atoms with Crippen molar-refractivity contribution in [1.82, 2.24) is 79.0 Å². The van der Waals surface area contributed by atoms with Gasteiger partial charge in [0.15, 0.2) is 0 Å². The van der Waals surface area contributed by atoms with Crippen LogP contribution < -0.4 is 44.2 Å². The molecular formula is C93H88F4N20O4. The predicted octanol–water partition coefficient (Wildman–Crippen LogP) is 14.5. The Kier molecular flexibility index (Phi) is 26.1. The molecule has 0 unspecified atom stereocenters. The Morgan fingerprint density at radius 1 is 0.397 bits per heavy atom. The first-order valence-electron chi connectivity index (χ1n) is 39.5. The molecule has 0 radical (unpaired) electrons. The van der Waals surface area contributed by atoms with Crippen LogP contribution in [0.15, 0.2) is 244 Å². The van der Waals surface area contributed by atoms with E-state index in [1.807, 2.05) is 116 Å². The Hall–Kier alpha value is -14.3. The van der Waals surface area contributed by atoms with Crippen molar-refractivity contribution in [3.05, 3.63) is 312 Å². The second-order valence-electron chi connectivity index (χ2n) is 29.1. The van der Waals surface area contributed by atoms with Crippen LogP contribution in [0.4, 0.5) is 17.6 Å². The fourth-order valence-corrected chi connectivity index (χ4v) is 14.4. The molecule has 4 aromatic carbocycles. The number of aryl methyl sites for hydroxylation is 4. The Balaban J connectivity index is 0.000000132. The number of pyridine rings is 8. The van der Waals surface area contributed by atoms with Gasteiger partial charge in [0.2, 0.25) is 0 Å². The minimum absolute atomic E-state index is 0.0189. The van der Waals surface area contributed by atoms with Crippen LogP contribution in [-0.4, -0.2) is 133 Å². The standard InChI is InChI=1S/C26H26FN5O.C23H22FN5O.2C22H20FN5O/c1-16-13-17(8-10-20(16)27)25-19(5-4-12-29-25)18-9-11-24-30-14-23(32(24)15-18)26(33)31-22-7-3-2-6-21(22)28;1-15-12-16(5-7-19(15)24)22-18(4-2-10-26-22)17-6-8-21-28-13-20(29(21)14-17)23(30)27-11-3-9-25;1-14-11-15(4-6-18(14)23)21-17(3-2-9-25-21)16-5-7-20-27-12-19(28(20)13-16)22(29)26-10-8-24;1-14-11-16(4-5-19(14)23)21-17(3-2-8-25-21)15-6-10-28-20(12-15)18(13-27-28)22(29)26-9-7-24/h4-5,8-15,21-22H,2-3,6-7,28H2,1H3,(H,31,33);2,4-8,10,12-14H,3,9,11,25H2,1H3,(H,27,30);2-7,9,11-13H,8,10,24H2,1H3,(H,26,29);2-6,8,10-13H,7,9,24H2,1H3,(H,26,29)/t21-,22-;;;/m0.../s1. The van der Waals surface area contributed by atoms with Gasteiger partial charge in [0.05, 0.1) is 58.6 Å². The van der Waals surface area contributed by atoms with E-state index in [0.717, 1.165) is 115 Å². The smallest absolute Gasteiger partial charge is 0.270 e. The molecule has 2 atom stereocenters. The molecule has 12 heterocycles. The van der Waals surface area contributed by atoms with Gasteiger partial charge in [0.1, 0.15) is 57.3 Å². The van der Waals surface area contributed by atoms with Crippen LogP contribution in [0.2, 0.25) is 0 Å². The highest BCUT2D eigenvalue weighted by Gasteiger charge is 2.27. The van der Waals surface area contributed by atoms with Gasteiger partial charge in [-0.25, -0.2) is 37.0 Å². The van der Waals surface area contributed by atoms with Gasteiger partial charge in [0.25, 0.3) is 23.6 Å². The summed E-state index contributed by atoms with van der Waals surface area (Å²) in [6.07, 6.45) is 25.2. The average Bonchev–Trinajstić information content (AvgIpc) is 1.74. The van der Waals surface area contributed by atoms with E-state index >= 15 is 0 Å². The third-order valence-electron chi connectivity index (χ3n) is 20.8. The van der Waals surface area contributed by atoms with Crippen LogP contribution in [0, 0.1) is 51.0 Å². The highest BCUT2D eigenvalue weighted by atomic mass is 19.1. The minimum Gasteiger partial charge on any atom is -0.351 e. The summed E-state index contributed by atoms with van der Waals surface area (Å²) in [5.41, 5.74) is 42.7. The molecule has 12 N–H and O–H groups in total. The first-order valence-corrected chi connectivity index (χ1v) is 39.5. The number of nitrogens with one attached hydrogen (secondary N) is 4. The number of hydrogen-bond acceptors (Lipinski definition) is 16. The summed E-state index contributed by atoms with van der Waals surface area (Å²) in [6.45, 7) is 9.47. The van der Waals surface area contributed by atoms with Crippen molar-refractivity contribution in [2.24, 2.45) is 22.9 Å². The number of fused-ring (bicyclic) bond motifs is 4. The van der Waals surface area contributed by atoms with Crippen LogP contribution in [0.3, 0.4) is 0 Å². The molecular weight excluding hydrogens is 1540 g/mol. The summed E-state index contributed by atoms with van der Waals surface area (Å²) in [7, 11) is 0. The van der Waals surface area contributed by atoms with Crippen molar-refractivity contribution in [3.63, 3.8) is 0 Å². The molecule has 0 saturated heterocycles. The van der Waals surface area contributed by atoms with Crippen LogP contribution >= 0.6 is 0 Å². The van der Waals surface area contributed by atoms with E-state index in [1.165, 1.54) is 24.3 Å². The number of nitrogens with two attached hydrogens (primary N) is 4. The number of carbonyl (C=O) groups excluding carboxylic acids is 4. The molecule has 4 amide bonds. The quantitative estimate of drug-likeness (QED) is 0.0260. The molecule has 0 aliphatic heterocycles. The number of halogens is 4. The Bertz CT molecular complexity index is 6310. The lowest BCUT2D eigenvalue weighted by Gasteiger charge is -2.29. The second kappa shape index (κ2) is 38.0. The van der Waals surface area contributed by atoms with Crippen molar-refractivity contribution in [3.8, 4) is 89.5 Å². The number of amides is 4. The number of imidazole rings is 3. The molecule has 17 rings (SSSR count). The van der Waals surface area contributed by atoms with Crippen LogP contribution in [0.5, 0.6) is 0 Å². The maximum atomic E-state index is 13.8. The molecule has 1 aliphatic rings. The summed E-state index contributed by atoms with van der Waals surface area (Å²) in [4.78, 5) is 81.6. The van der Waals surface area contributed by atoms with E-state index in [4.69, 9.17) is 22.9 Å². The predicted molar refractivity (Wildman–Crippen MR) is 461 cm³/mol. The van der Waals surface area contributed by atoms with Gasteiger partial charge in [-0.05, 0) is 227 Å². The number of aromatic nitrogens is 12. The highest BCUT2D eigenvalue weighted by Crippen LogP contribution is 2.37. The van der Waals surface area contributed by atoms with Crippen molar-refractivity contribution in [1.29, 1.82) is 0 Å². The Morgan fingerprint density at radius 3 is 1.14 bits per heavy atom. The van der Waals surface area contributed by atoms with Crippen molar-refractivity contribution in [2.75, 3.05) is 39.3 Å². The second-order valence-corrected chi connectivity index (χ2v) is 29.1. The summed E-state index contributed by atoms with van der Waals surface area (Å²) < 4.78 is 61.9. The van der Waals surface area contributed by atoms with E-state index in [1.54, 1.807) is 150 Å². The number of rotatable bonds is 20. The van der Waals surface area contributed by atoms with Gasteiger partial charge in [-0.3, -0.25) is 52.3 Å². The molecule has 28 heteroatoms. The Morgan fingerprint density at radius 2 is 0.760 bits per heavy atom. The molecule has 1 aliphatic carbocycles. The van der Waals surface area contributed by atoms with Crippen LogP contribution in [0.1, 0.15) is 96.2 Å². The normalized spacial score (nSPS) is 13.0. The van der Waals surface area contributed by atoms with E-state index in [9.17, 15) is 36.7 Å². The van der Waals surface area contributed by atoms with Gasteiger partial charge < -0.3 is 44.2 Å². The van der Waals surface area contributed by atoms with E-state index in [-0.39, 0.29) is 59.0 Å². The summed E-state index contributed by atoms with van der Waals surface area (Å²) in [6, 6.07) is 50.3. The molecule has 612 valence electrons. The zero-order valence-corrected chi connectivity index (χ0v) is 66.8. The topological polar surface area (TPSA) is 341 Å². The lowest BCUT2D eigenvalue weighted by molar-refractivity contribution is 0.0911. The lowest BCUT2D eigenvalue weighted by atomic mass is 9.91. The maximum absolute atomic E-state index is 13.8. The largest absolute Gasteiger partial charge is 0.351 e. The summed E-state index contributed by atoms with van der Waals surface area (Å²) in [5.74, 6) is -1.83. The monoisotopic (exact) mass is 1620 g/mol. The summed E-state index contributed by atoms with van der Waals surface area (Å²) >= 11 is 0. The average molecular weight is 1630 g/mol. The van der Waals surface area contributed by atoms with E-state index < -0.39 is 0 Å². The fraction of sp³-hybridized carbons (Fsp3) is 0.183. The van der Waals surface area contributed by atoms with Crippen molar-refractivity contribution < 1.29 is 36.7 Å². The highest BCUT2D eigenvalue weighted by molar-refractivity contribution is 6.02. The fourth-order valence-electron chi connectivity index (χ4n) is 14.4. The summed E-state index contributed by atoms with van der Waals surface area (Å²) in [5, 5.41) is 15.7. The Labute approximate surface area is 694 Å². The number of benzene rings is 4. The SMILES string of the molecule is Cc1cc(-c2ncccc2-c2ccc3ncc(C(=O)NCCCN)n3c2)ccc1F.Cc1cc(-c2ncccc2-c2ccc3ncc(C(=O)NCCN)n3c2)ccc1F.Cc1cc(-c2ncccc2-c2ccc3ncc(C(=O)N[C@H]4CCCC[C@@H]4N)n3c2)ccc1F.Cc1cc(-c2ncccc2-c2ccn3ncc(C(=O)NCCN)c3c2)ccc1F. The van der Waals surface area contributed by atoms with Gasteiger partial charge in [-0.2, -0.15) is 5.10 Å². The van der Waals surface area contributed by atoms with Gasteiger partial charge >= 0.3 is 0 Å². The number of carbonyl (C=O) groups is 4. The zero-order chi connectivity index (χ0) is 84.8. The van der Waals surface area contributed by atoms with Crippen molar-refractivity contribution >= 4 is 46.1 Å². The zero-order valence-electron chi connectivity index (χ0n) is 66.8. The molecule has 121 heavy (non-hydrogen) atoms. The molecule has 16 aromatic rings. The maximum Gasteiger partial charge on any atom is 0.270 e. The molecule has 1 saturated carbocycles. The van der Waals surface area contributed by atoms with Gasteiger partial charge in [-0.1, -0.05) is 37.1 Å². The van der Waals surface area contributed by atoms with E-state index in [0.29, 0.717) is 113 Å². The van der Waals surface area contributed by atoms with Gasteiger partial charge in [0, 0.05) is 156 Å². The molecule has 12 aromatic heterocycles. The first kappa shape index (κ1) is 83.2. The number of nitrogens with zero attached hydrogens (tertiary/aromatic N) is 12. The van der Waals surface area contributed by atoms with Crippen molar-refractivity contribution in [2.45, 2.75) is 71.9 Å². The van der Waals surface area contributed by atoms with Gasteiger partial charge in [-0.15, -0.1) is 0 Å². The third-order valence-corrected chi connectivity index (χ3v) is 20.8. The van der Waals surface area contributed by atoms with E-state index in [2.05, 4.69) is 61.3 Å². The molecule has 0 bridgehead atoms. The van der Waals surface area contributed by atoms with Crippen LogP contribution in [-0.2, 0) is 0 Å². The number of hydrogen-bond donors (Lipinski definition) is 8. The molecule has 24 nitrogen and oxygen atoms in total. The molecule has 0 spiro atoms. The van der Waals surface area contributed by atoms with Crippen LogP contribution in [0.25, 0.3) is 112 Å². The molecule has 1 fully saturated rings. The minimum atomic E-state index is -0.251. The first-order chi connectivity index (χ1) is 58.7. The lowest BCUT2D eigenvalue weighted by Crippen LogP contribution is -2.49.